The van der Waals surface area contributed by atoms with E-state index in [0.717, 1.165) is 0 Å². The fraction of sp³-hybridized carbons (Fsp3) is 0.400. The first kappa shape index (κ1) is 10.2. The second-order valence-corrected chi connectivity index (χ2v) is 33.3. The Bertz CT molecular complexity index is 281. The molecule has 2 rings (SSSR count). The van der Waals surface area contributed by atoms with E-state index in [1.165, 1.54) is 11.5 Å². The van der Waals surface area contributed by atoms with Gasteiger partial charge < -0.3 is 0 Å². The van der Waals surface area contributed by atoms with Gasteiger partial charge in [-0.25, -0.2) is 0 Å². The summed E-state index contributed by atoms with van der Waals surface area (Å²) in [6.45, 7) is 0. The third-order valence-corrected chi connectivity index (χ3v) is 23.7. The van der Waals surface area contributed by atoms with Crippen LogP contribution in [0.5, 0.6) is 0 Å². The van der Waals surface area contributed by atoms with Crippen molar-refractivity contribution in [1.29, 1.82) is 0 Å². The van der Waals surface area contributed by atoms with E-state index < -0.39 is 15.6 Å². The molecule has 1 aliphatic rings. The van der Waals surface area contributed by atoms with E-state index in [0.29, 0.717) is 0 Å². The third kappa shape index (κ3) is 2.60. The van der Waals surface area contributed by atoms with Gasteiger partial charge in [-0.3, -0.25) is 0 Å². The van der Waals surface area contributed by atoms with Crippen LogP contribution in [0, 0.1) is 0 Å². The summed E-state index contributed by atoms with van der Waals surface area (Å²) in [5, 5.41) is 0. The van der Waals surface area contributed by atoms with Crippen LogP contribution in [0.2, 0.25) is 9.88 Å². The number of rotatable bonds is 0. The average molecular weight is 317 g/mol. The fourth-order valence-corrected chi connectivity index (χ4v) is 16.4. The minimum atomic E-state index is -1.71. The van der Waals surface area contributed by atoms with Gasteiger partial charge in [0.2, 0.25) is 0 Å². The molecule has 1 aromatic rings. The second-order valence-electron chi connectivity index (χ2n) is 3.75. The van der Waals surface area contributed by atoms with Crippen molar-refractivity contribution in [2.75, 3.05) is 0 Å². The first-order chi connectivity index (χ1) is 6.17. The van der Waals surface area contributed by atoms with Gasteiger partial charge in [-0.05, 0) is 0 Å². The Morgan fingerprint density at radius 2 is 1.46 bits per heavy atom. The van der Waals surface area contributed by atoms with E-state index >= 15 is 0 Å². The summed E-state index contributed by atoms with van der Waals surface area (Å²) in [5.41, 5.74) is 3.14. The quantitative estimate of drug-likeness (QED) is 0.666. The molecule has 0 unspecified atom stereocenters. The van der Waals surface area contributed by atoms with Gasteiger partial charge in [-0.1, -0.05) is 0 Å². The molecule has 0 bridgehead atoms. The Morgan fingerprint density at radius 3 is 1.92 bits per heavy atom. The van der Waals surface area contributed by atoms with Crippen LogP contribution < -0.4 is 0 Å². The van der Waals surface area contributed by atoms with Crippen LogP contribution in [-0.4, -0.2) is 15.6 Å². The van der Waals surface area contributed by atoms with E-state index in [1.54, 1.807) is 11.1 Å². The van der Waals surface area contributed by atoms with Gasteiger partial charge in [0.25, 0.3) is 0 Å². The summed E-state index contributed by atoms with van der Waals surface area (Å²) in [5.74, 6) is 2.51. The zero-order valence-electron chi connectivity index (χ0n) is 8.04. The number of benzene rings is 1. The van der Waals surface area contributed by atoms with Crippen LogP contribution in [-0.2, 0) is 11.5 Å². The Morgan fingerprint density at radius 1 is 1.00 bits per heavy atom. The summed E-state index contributed by atoms with van der Waals surface area (Å²) in [6.07, 6.45) is 0. The first-order valence-electron chi connectivity index (χ1n) is 4.52. The molecule has 0 fully saturated rings. The van der Waals surface area contributed by atoms with Crippen molar-refractivity contribution in [1.82, 2.24) is 0 Å². The van der Waals surface area contributed by atoms with Crippen molar-refractivity contribution in [3.05, 3.63) is 35.4 Å². The van der Waals surface area contributed by atoms with E-state index in [1.807, 2.05) is 0 Å². The van der Waals surface area contributed by atoms with E-state index in [9.17, 15) is 0 Å². The predicted molar refractivity (Wildman–Crippen MR) is 66.5 cm³/mol. The van der Waals surface area contributed by atoms with Gasteiger partial charge in [0, 0.05) is 0 Å². The summed E-state index contributed by atoms with van der Waals surface area (Å²) >= 11 is -1.71. The molecule has 0 atom stereocenters. The molecule has 0 saturated carbocycles. The normalized spacial score (nSPS) is 20.5. The number of hydrogen-bond acceptors (Lipinski definition) is 2. The van der Waals surface area contributed by atoms with E-state index in [4.69, 9.17) is 0 Å². The SMILES string of the molecule is [CH3][Sn]1([CH3])[S]Cc2ccccc2C[S]1. The monoisotopic (exact) mass is 318 g/mol. The van der Waals surface area contributed by atoms with Crippen molar-refractivity contribution in [3.8, 4) is 0 Å². The summed E-state index contributed by atoms with van der Waals surface area (Å²) in [7, 11) is 4.51. The summed E-state index contributed by atoms with van der Waals surface area (Å²) in [4.78, 5) is 5.05. The van der Waals surface area contributed by atoms with Gasteiger partial charge >= 0.3 is 90.3 Å². The summed E-state index contributed by atoms with van der Waals surface area (Å²) in [6, 6.07) is 8.90. The van der Waals surface area contributed by atoms with Crippen LogP contribution >= 0.6 is 17.9 Å². The molecule has 1 aliphatic heterocycles. The molecule has 0 spiro atoms. The number of hydrogen-bond donors (Lipinski definition) is 0. The molecule has 0 aromatic heterocycles. The molecular formula is C10H14S2Sn. The number of fused-ring (bicyclic) bond motifs is 1. The first-order valence-corrected chi connectivity index (χ1v) is 19.2. The molecule has 0 nitrogen and oxygen atoms in total. The fourth-order valence-electron chi connectivity index (χ4n) is 1.38. The zero-order chi connectivity index (χ0) is 9.31. The summed E-state index contributed by atoms with van der Waals surface area (Å²) < 4.78 is 0. The molecule has 0 N–H and O–H groups in total. The van der Waals surface area contributed by atoms with Crippen molar-refractivity contribution >= 4 is 33.5 Å². The van der Waals surface area contributed by atoms with Gasteiger partial charge in [0.15, 0.2) is 0 Å². The molecule has 0 amide bonds. The van der Waals surface area contributed by atoms with Crippen LogP contribution in [0.3, 0.4) is 0 Å². The minimum absolute atomic E-state index is 1.26. The van der Waals surface area contributed by atoms with Crippen LogP contribution in [0.25, 0.3) is 0 Å². The molecule has 0 radical (unpaired) electrons. The maximum atomic E-state index is 2.52. The van der Waals surface area contributed by atoms with E-state index in [2.05, 4.69) is 52.0 Å². The third-order valence-electron chi connectivity index (χ3n) is 2.27. The van der Waals surface area contributed by atoms with E-state index in [-0.39, 0.29) is 0 Å². The Balaban J connectivity index is 2.27. The van der Waals surface area contributed by atoms with Crippen molar-refractivity contribution in [2.24, 2.45) is 0 Å². The molecule has 70 valence electrons. The Labute approximate surface area is 89.7 Å². The van der Waals surface area contributed by atoms with Crippen LogP contribution in [0.1, 0.15) is 11.1 Å². The average Bonchev–Trinajstić information content (AvgIpc) is 2.27. The van der Waals surface area contributed by atoms with Crippen molar-refractivity contribution in [2.45, 2.75) is 21.4 Å². The molecule has 3 heteroatoms. The van der Waals surface area contributed by atoms with Crippen LogP contribution in [0.15, 0.2) is 24.3 Å². The van der Waals surface area contributed by atoms with Gasteiger partial charge in [0.05, 0.1) is 0 Å². The molecule has 1 heterocycles. The predicted octanol–water partition coefficient (Wildman–Crippen LogP) is 3.87. The molecular weight excluding hydrogens is 303 g/mol. The Kier molecular flexibility index (Phi) is 3.21. The maximum absolute atomic E-state index is 2.52. The Hall–Kier alpha value is 0.719. The topological polar surface area (TPSA) is 0 Å². The molecule has 0 aliphatic carbocycles. The van der Waals surface area contributed by atoms with Crippen molar-refractivity contribution in [3.63, 3.8) is 0 Å². The van der Waals surface area contributed by atoms with Gasteiger partial charge in [-0.2, -0.15) is 0 Å². The van der Waals surface area contributed by atoms with Gasteiger partial charge in [0.1, 0.15) is 0 Å². The molecule has 0 saturated heterocycles. The van der Waals surface area contributed by atoms with Gasteiger partial charge in [-0.15, -0.1) is 0 Å². The van der Waals surface area contributed by atoms with Crippen molar-refractivity contribution < 1.29 is 0 Å². The second kappa shape index (κ2) is 4.07. The zero-order valence-corrected chi connectivity index (χ0v) is 12.5. The molecule has 13 heavy (non-hydrogen) atoms. The standard InChI is InChI=1S/C8H10S2.2CH3.Sn/c9-5-7-3-1-2-4-8(7)6-10;;;/h1-4,9-10H,5-6H2;2*1H3;/q;;;+2/p-2. The van der Waals surface area contributed by atoms with Crippen LogP contribution in [0.4, 0.5) is 0 Å². The molecule has 1 aromatic carbocycles.